The van der Waals surface area contributed by atoms with Crippen LogP contribution >= 0.6 is 0 Å². The predicted molar refractivity (Wildman–Crippen MR) is 135 cm³/mol. The average molecular weight is 454 g/mol. The van der Waals surface area contributed by atoms with Crippen LogP contribution in [0.2, 0.25) is 0 Å². The van der Waals surface area contributed by atoms with Crippen molar-refractivity contribution >= 4 is 16.9 Å². The van der Waals surface area contributed by atoms with E-state index in [0.29, 0.717) is 26.1 Å². The molecule has 4 aromatic rings. The quantitative estimate of drug-likeness (QED) is 0.355. The highest BCUT2D eigenvalue weighted by molar-refractivity contribution is 5.81. The highest BCUT2D eigenvalue weighted by atomic mass is 16.5. The molecule has 0 spiro atoms. The first-order chi connectivity index (χ1) is 16.5. The lowest BCUT2D eigenvalue weighted by Crippen LogP contribution is -2.28. The van der Waals surface area contributed by atoms with Crippen LogP contribution in [0, 0.1) is 13.8 Å². The first kappa shape index (κ1) is 22.2. The van der Waals surface area contributed by atoms with Gasteiger partial charge in [-0.2, -0.15) is 0 Å². The number of aromatic nitrogens is 2. The summed E-state index contributed by atoms with van der Waals surface area (Å²) in [4.78, 5) is 20.0. The van der Waals surface area contributed by atoms with Crippen LogP contribution < -0.4 is 4.74 Å². The summed E-state index contributed by atoms with van der Waals surface area (Å²) in [5, 5.41) is 0. The third kappa shape index (κ3) is 4.30. The minimum Gasteiger partial charge on any atom is -0.492 e. The van der Waals surface area contributed by atoms with E-state index in [9.17, 15) is 4.79 Å². The highest BCUT2D eigenvalue weighted by Gasteiger charge is 2.36. The normalized spacial score (nSPS) is 16.9. The zero-order chi connectivity index (χ0) is 23.7. The second-order valence-corrected chi connectivity index (χ2v) is 9.24. The van der Waals surface area contributed by atoms with Gasteiger partial charge in [-0.05, 0) is 61.7 Å². The molecule has 1 aromatic heterocycles. The number of hydrogen-bond acceptors (Lipinski definition) is 3. The molecule has 5 rings (SSSR count). The maximum atomic E-state index is 13.0. The van der Waals surface area contributed by atoms with E-state index in [2.05, 4.69) is 55.7 Å². The molecule has 2 atom stereocenters. The first-order valence-electron chi connectivity index (χ1n) is 12.0. The zero-order valence-corrected chi connectivity index (χ0v) is 20.1. The Morgan fingerprint density at radius 2 is 1.76 bits per heavy atom. The molecule has 0 radical (unpaired) electrons. The van der Waals surface area contributed by atoms with Crippen LogP contribution in [0.25, 0.3) is 11.0 Å². The van der Waals surface area contributed by atoms with Gasteiger partial charge in [0, 0.05) is 18.9 Å². The van der Waals surface area contributed by atoms with Crippen molar-refractivity contribution in [3.05, 3.63) is 95.3 Å². The molecule has 2 unspecified atom stereocenters. The molecule has 5 heteroatoms. The number of para-hydroxylation sites is 2. The Hall–Kier alpha value is -3.60. The lowest BCUT2D eigenvalue weighted by molar-refractivity contribution is -0.129. The fourth-order valence-electron chi connectivity index (χ4n) is 4.89. The third-order valence-electron chi connectivity index (χ3n) is 7.02. The van der Waals surface area contributed by atoms with E-state index in [-0.39, 0.29) is 17.9 Å². The van der Waals surface area contributed by atoms with E-state index in [1.807, 2.05) is 47.4 Å². The molecule has 0 bridgehead atoms. The van der Waals surface area contributed by atoms with Crippen LogP contribution in [0.15, 0.2) is 72.8 Å². The molecule has 1 saturated heterocycles. The number of benzene rings is 3. The minimum atomic E-state index is 0.0460. The zero-order valence-electron chi connectivity index (χ0n) is 20.1. The molecular weight excluding hydrogens is 422 g/mol. The second-order valence-electron chi connectivity index (χ2n) is 9.24. The molecular formula is C29H31N3O2. The Labute approximate surface area is 201 Å². The van der Waals surface area contributed by atoms with E-state index in [1.165, 1.54) is 11.1 Å². The number of carbonyl (C=O) groups is 1. The molecule has 2 heterocycles. The number of likely N-dealkylation sites (tertiary alicyclic amines) is 1. The van der Waals surface area contributed by atoms with Crippen molar-refractivity contribution in [2.24, 2.45) is 0 Å². The Balaban J connectivity index is 1.37. The molecule has 34 heavy (non-hydrogen) atoms. The van der Waals surface area contributed by atoms with Crippen molar-refractivity contribution in [3.8, 4) is 5.75 Å². The van der Waals surface area contributed by atoms with E-state index in [1.54, 1.807) is 0 Å². The number of rotatable bonds is 7. The molecule has 174 valence electrons. The lowest BCUT2D eigenvalue weighted by Gasteiger charge is -2.25. The fourth-order valence-corrected chi connectivity index (χ4v) is 4.89. The molecule has 0 saturated carbocycles. The van der Waals surface area contributed by atoms with Crippen LogP contribution in [-0.4, -0.2) is 33.5 Å². The summed E-state index contributed by atoms with van der Waals surface area (Å²) >= 11 is 0. The SMILES string of the molecule is Cc1ccc(OCCn2c(C3CC(=O)N(C(C)c4ccccc4)C3)nc3ccccc32)cc1C. The van der Waals surface area contributed by atoms with E-state index in [4.69, 9.17) is 9.72 Å². The van der Waals surface area contributed by atoms with Gasteiger partial charge in [0.1, 0.15) is 18.2 Å². The average Bonchev–Trinajstić information content (AvgIpc) is 3.42. The molecule has 5 nitrogen and oxygen atoms in total. The molecule has 1 aliphatic rings. The van der Waals surface area contributed by atoms with Gasteiger partial charge in [-0.1, -0.05) is 48.5 Å². The van der Waals surface area contributed by atoms with Crippen molar-refractivity contribution < 1.29 is 9.53 Å². The van der Waals surface area contributed by atoms with Gasteiger partial charge >= 0.3 is 0 Å². The summed E-state index contributed by atoms with van der Waals surface area (Å²) in [6.07, 6.45) is 0.485. The maximum absolute atomic E-state index is 13.0. The number of nitrogens with zero attached hydrogens (tertiary/aromatic N) is 3. The smallest absolute Gasteiger partial charge is 0.223 e. The van der Waals surface area contributed by atoms with Gasteiger partial charge in [-0.3, -0.25) is 4.79 Å². The van der Waals surface area contributed by atoms with E-state index >= 15 is 0 Å². The summed E-state index contributed by atoms with van der Waals surface area (Å²) in [7, 11) is 0. The first-order valence-corrected chi connectivity index (χ1v) is 12.0. The third-order valence-corrected chi connectivity index (χ3v) is 7.02. The maximum Gasteiger partial charge on any atom is 0.223 e. The summed E-state index contributed by atoms with van der Waals surface area (Å²) in [5.41, 5.74) is 5.69. The summed E-state index contributed by atoms with van der Waals surface area (Å²) < 4.78 is 8.34. The van der Waals surface area contributed by atoms with Gasteiger partial charge in [-0.15, -0.1) is 0 Å². The molecule has 3 aromatic carbocycles. The summed E-state index contributed by atoms with van der Waals surface area (Å²) in [5.74, 6) is 2.10. The Morgan fingerprint density at radius 3 is 2.56 bits per heavy atom. The van der Waals surface area contributed by atoms with Crippen molar-refractivity contribution in [1.29, 1.82) is 0 Å². The van der Waals surface area contributed by atoms with Crippen molar-refractivity contribution in [3.63, 3.8) is 0 Å². The van der Waals surface area contributed by atoms with Crippen LogP contribution in [0.5, 0.6) is 5.75 Å². The largest absolute Gasteiger partial charge is 0.492 e. The fraction of sp³-hybridized carbons (Fsp3) is 0.310. The topological polar surface area (TPSA) is 47.4 Å². The minimum absolute atomic E-state index is 0.0460. The number of aryl methyl sites for hydroxylation is 2. The van der Waals surface area contributed by atoms with E-state index < -0.39 is 0 Å². The molecule has 0 aliphatic carbocycles. The molecule has 1 amide bonds. The second kappa shape index (κ2) is 9.34. The number of carbonyl (C=O) groups excluding carboxylic acids is 1. The Bertz CT molecular complexity index is 1310. The van der Waals surface area contributed by atoms with Gasteiger partial charge in [0.05, 0.1) is 23.6 Å². The lowest BCUT2D eigenvalue weighted by atomic mass is 10.1. The highest BCUT2D eigenvalue weighted by Crippen LogP contribution is 2.35. The standard InChI is InChI=1S/C29H31N3O2/c1-20-13-14-25(17-21(20)2)34-16-15-31-27-12-8-7-11-26(27)30-29(31)24-18-28(33)32(19-24)22(3)23-9-5-4-6-10-23/h4-14,17,22,24H,15-16,18-19H2,1-3H3. The monoisotopic (exact) mass is 453 g/mol. The van der Waals surface area contributed by atoms with Crippen LogP contribution in [0.4, 0.5) is 0 Å². The number of amides is 1. The molecule has 0 N–H and O–H groups in total. The Morgan fingerprint density at radius 1 is 1.00 bits per heavy atom. The van der Waals surface area contributed by atoms with Gasteiger partial charge in [0.15, 0.2) is 0 Å². The summed E-state index contributed by atoms with van der Waals surface area (Å²) in [6, 6.07) is 24.7. The van der Waals surface area contributed by atoms with Gasteiger partial charge < -0.3 is 14.2 Å². The number of hydrogen-bond donors (Lipinski definition) is 0. The van der Waals surface area contributed by atoms with Crippen LogP contribution in [-0.2, 0) is 11.3 Å². The van der Waals surface area contributed by atoms with Crippen LogP contribution in [0.1, 0.15) is 47.8 Å². The van der Waals surface area contributed by atoms with Gasteiger partial charge in [-0.25, -0.2) is 4.98 Å². The summed E-state index contributed by atoms with van der Waals surface area (Å²) in [6.45, 7) is 8.21. The Kier molecular flexibility index (Phi) is 6.10. The predicted octanol–water partition coefficient (Wildman–Crippen LogP) is 5.81. The van der Waals surface area contributed by atoms with Gasteiger partial charge in [0.2, 0.25) is 5.91 Å². The molecule has 1 fully saturated rings. The number of imidazole rings is 1. The van der Waals surface area contributed by atoms with Crippen molar-refractivity contribution in [2.45, 2.75) is 45.7 Å². The van der Waals surface area contributed by atoms with E-state index in [0.717, 1.165) is 28.2 Å². The van der Waals surface area contributed by atoms with Gasteiger partial charge in [0.25, 0.3) is 0 Å². The molecule has 1 aliphatic heterocycles. The van der Waals surface area contributed by atoms with Crippen LogP contribution in [0.3, 0.4) is 0 Å². The van der Waals surface area contributed by atoms with Crippen molar-refractivity contribution in [1.82, 2.24) is 14.5 Å². The number of fused-ring (bicyclic) bond motifs is 1. The van der Waals surface area contributed by atoms with Crippen molar-refractivity contribution in [2.75, 3.05) is 13.2 Å². The number of ether oxygens (including phenoxy) is 1.